The maximum atomic E-state index is 13.3. The van der Waals surface area contributed by atoms with E-state index < -0.39 is 26.7 Å². The highest BCUT2D eigenvalue weighted by Crippen LogP contribution is 2.40. The first-order valence-corrected chi connectivity index (χ1v) is 11.9. The lowest BCUT2D eigenvalue weighted by atomic mass is 9.87. The van der Waals surface area contributed by atoms with Crippen LogP contribution in [-0.2, 0) is 10.0 Å². The third kappa shape index (κ3) is 4.58. The number of aromatic nitrogens is 1. The number of fused-ring (bicyclic) bond motifs is 2. The van der Waals surface area contributed by atoms with Gasteiger partial charge in [-0.1, -0.05) is 23.2 Å². The number of rotatable bonds is 4. The molecule has 1 aromatic carbocycles. The van der Waals surface area contributed by atoms with Crippen molar-refractivity contribution in [3.05, 3.63) is 40.6 Å². The van der Waals surface area contributed by atoms with Crippen LogP contribution in [0, 0.1) is 11.8 Å². The third-order valence-electron chi connectivity index (χ3n) is 5.39. The van der Waals surface area contributed by atoms with Gasteiger partial charge in [-0.05, 0) is 55.6 Å². The zero-order valence-corrected chi connectivity index (χ0v) is 18.6. The lowest BCUT2D eigenvalue weighted by Gasteiger charge is -2.41. The summed E-state index contributed by atoms with van der Waals surface area (Å²) in [5.74, 6) is -0.201. The summed E-state index contributed by atoms with van der Waals surface area (Å²) >= 11 is 12.1. The second-order valence-corrected chi connectivity index (χ2v) is 10.3. The Hall–Kier alpha value is -2.11. The van der Waals surface area contributed by atoms with E-state index in [1.54, 1.807) is 12.1 Å². The Balaban J connectivity index is 1.58. The number of halogens is 2. The Morgan fingerprint density at radius 2 is 1.81 bits per heavy atom. The quantitative estimate of drug-likeness (QED) is 0.389. The number of hydrogen-bond acceptors (Lipinski definition) is 6. The molecule has 0 spiro atoms. The molecular weight excluding hydrogens is 465 g/mol. The van der Waals surface area contributed by atoms with Crippen molar-refractivity contribution in [2.45, 2.75) is 11.3 Å². The summed E-state index contributed by atoms with van der Waals surface area (Å²) in [7, 11) is -4.07. The normalized spacial score (nSPS) is 21.5. The summed E-state index contributed by atoms with van der Waals surface area (Å²) in [6, 6.07) is 5.07. The van der Waals surface area contributed by atoms with E-state index in [9.17, 15) is 18.3 Å². The Kier molecular flexibility index (Phi) is 6.27. The van der Waals surface area contributed by atoms with Crippen LogP contribution >= 0.6 is 23.2 Å². The fourth-order valence-electron chi connectivity index (χ4n) is 4.03. The molecule has 0 aliphatic carbocycles. The number of sulfonamides is 1. The van der Waals surface area contributed by atoms with Gasteiger partial charge >= 0.3 is 6.03 Å². The van der Waals surface area contributed by atoms with Crippen molar-refractivity contribution in [1.82, 2.24) is 14.6 Å². The van der Waals surface area contributed by atoms with Gasteiger partial charge in [0.15, 0.2) is 10.9 Å². The fourth-order valence-corrected chi connectivity index (χ4v) is 6.38. The first-order chi connectivity index (χ1) is 14.8. The van der Waals surface area contributed by atoms with E-state index in [4.69, 9.17) is 23.2 Å². The van der Waals surface area contributed by atoms with E-state index in [0.717, 1.165) is 19.5 Å². The summed E-state index contributed by atoms with van der Waals surface area (Å²) in [6.45, 7) is 2.19. The molecule has 0 saturated carbocycles. The molecule has 2 aliphatic heterocycles. The summed E-state index contributed by atoms with van der Waals surface area (Å²) in [6.07, 6.45) is 2.44. The lowest BCUT2D eigenvalue weighted by molar-refractivity contribution is 0.158. The summed E-state index contributed by atoms with van der Waals surface area (Å²) in [5.41, 5.74) is 0.163. The van der Waals surface area contributed by atoms with Gasteiger partial charge in [-0.25, -0.2) is 18.2 Å². The third-order valence-corrected chi connectivity index (χ3v) is 8.03. The highest BCUT2D eigenvalue weighted by Gasteiger charge is 2.39. The molecule has 166 valence electrons. The van der Waals surface area contributed by atoms with E-state index in [0.29, 0.717) is 13.1 Å². The van der Waals surface area contributed by atoms with Gasteiger partial charge in [-0.15, -0.1) is 0 Å². The number of anilines is 2. The van der Waals surface area contributed by atoms with E-state index in [2.05, 4.69) is 20.9 Å². The Labute approximate surface area is 189 Å². The van der Waals surface area contributed by atoms with Gasteiger partial charge < -0.3 is 21.1 Å². The fraction of sp³-hybridized carbons (Fsp3) is 0.368. The SMILES string of the molecule is O=C(Nc1cccnc1Cl)Nc1ccc(Cl)c(S(=O)(=O)N2C[C@@H]3CNC[C@@H](C3)C2)c1O. The van der Waals surface area contributed by atoms with Crippen LogP contribution < -0.4 is 16.0 Å². The van der Waals surface area contributed by atoms with Crippen molar-refractivity contribution in [1.29, 1.82) is 0 Å². The molecule has 0 unspecified atom stereocenters. The minimum absolute atomic E-state index is 0.0892. The topological polar surface area (TPSA) is 124 Å². The van der Waals surface area contributed by atoms with Crippen molar-refractivity contribution in [3.63, 3.8) is 0 Å². The number of carbonyl (C=O) groups excluding carboxylic acids is 1. The Bertz CT molecular complexity index is 1100. The molecule has 0 radical (unpaired) electrons. The van der Waals surface area contributed by atoms with Gasteiger partial charge in [-0.3, -0.25) is 0 Å². The highest BCUT2D eigenvalue weighted by molar-refractivity contribution is 7.89. The van der Waals surface area contributed by atoms with Crippen molar-refractivity contribution in [2.75, 3.05) is 36.8 Å². The zero-order valence-electron chi connectivity index (χ0n) is 16.3. The second kappa shape index (κ2) is 8.79. The predicted octanol–water partition coefficient (Wildman–Crippen LogP) is 2.97. The van der Waals surface area contributed by atoms with Crippen LogP contribution in [-0.4, -0.2) is 55.0 Å². The number of carbonyl (C=O) groups is 1. The highest BCUT2D eigenvalue weighted by atomic mass is 35.5. The standard InChI is InChI=1S/C19H21Cl2N5O4S/c20-13-3-4-14(24-19(28)25-15-2-1-5-23-18(15)21)16(27)17(13)31(29,30)26-9-11-6-12(10-26)8-22-7-11/h1-5,11-12,22,27H,6-10H2,(H2,24,25,28)/t11-,12+. The van der Waals surface area contributed by atoms with Crippen molar-refractivity contribution < 1.29 is 18.3 Å². The lowest BCUT2D eigenvalue weighted by Crippen LogP contribution is -2.52. The largest absolute Gasteiger partial charge is 0.504 e. The zero-order chi connectivity index (χ0) is 22.2. The van der Waals surface area contributed by atoms with Crippen LogP contribution in [0.1, 0.15) is 6.42 Å². The molecule has 4 rings (SSSR count). The van der Waals surface area contributed by atoms with Gasteiger partial charge in [0.25, 0.3) is 0 Å². The van der Waals surface area contributed by atoms with Gasteiger partial charge in [0.1, 0.15) is 4.90 Å². The molecule has 1 aromatic heterocycles. The molecule has 4 N–H and O–H groups in total. The molecule has 2 aromatic rings. The maximum absolute atomic E-state index is 13.3. The van der Waals surface area contributed by atoms with Gasteiger partial charge in [-0.2, -0.15) is 4.31 Å². The molecule has 9 nitrogen and oxygen atoms in total. The van der Waals surface area contributed by atoms with Gasteiger partial charge in [0.2, 0.25) is 10.0 Å². The molecule has 2 atom stereocenters. The van der Waals surface area contributed by atoms with Crippen LogP contribution in [0.15, 0.2) is 35.4 Å². The monoisotopic (exact) mass is 485 g/mol. The minimum atomic E-state index is -4.07. The predicted molar refractivity (Wildman–Crippen MR) is 118 cm³/mol. The number of aromatic hydroxyl groups is 1. The molecule has 31 heavy (non-hydrogen) atoms. The van der Waals surface area contributed by atoms with E-state index >= 15 is 0 Å². The molecule has 2 fully saturated rings. The first-order valence-electron chi connectivity index (χ1n) is 9.66. The van der Waals surface area contributed by atoms with Crippen molar-refractivity contribution >= 4 is 50.6 Å². The summed E-state index contributed by atoms with van der Waals surface area (Å²) < 4.78 is 28.0. The second-order valence-electron chi connectivity index (χ2n) is 7.64. The van der Waals surface area contributed by atoms with Crippen LogP contribution in [0.4, 0.5) is 16.2 Å². The number of hydrogen-bond donors (Lipinski definition) is 4. The number of piperidine rings is 2. The van der Waals surface area contributed by atoms with Gasteiger partial charge in [0, 0.05) is 19.3 Å². The molecule has 3 heterocycles. The molecule has 2 saturated heterocycles. The van der Waals surface area contributed by atoms with Crippen molar-refractivity contribution in [2.24, 2.45) is 11.8 Å². The maximum Gasteiger partial charge on any atom is 0.323 e. The molecule has 2 bridgehead atoms. The summed E-state index contributed by atoms with van der Waals surface area (Å²) in [5, 5.41) is 18.9. The molecule has 2 aliphatic rings. The van der Waals surface area contributed by atoms with Crippen LogP contribution in [0.25, 0.3) is 0 Å². The molecule has 2 amide bonds. The number of pyridine rings is 1. The number of nitrogens with one attached hydrogen (secondary N) is 3. The van der Waals surface area contributed by atoms with Gasteiger partial charge in [0.05, 0.1) is 16.4 Å². The van der Waals surface area contributed by atoms with Crippen LogP contribution in [0.2, 0.25) is 10.2 Å². The van der Waals surface area contributed by atoms with Crippen LogP contribution in [0.3, 0.4) is 0 Å². The first kappa shape index (κ1) is 22.1. The average molecular weight is 486 g/mol. The number of urea groups is 1. The Morgan fingerprint density at radius 1 is 1.13 bits per heavy atom. The number of benzene rings is 1. The molecule has 12 heteroatoms. The van der Waals surface area contributed by atoms with E-state index in [-0.39, 0.29) is 33.4 Å². The Morgan fingerprint density at radius 3 is 2.48 bits per heavy atom. The number of phenolic OH excluding ortho intramolecular Hbond substituents is 1. The van der Waals surface area contributed by atoms with E-state index in [1.165, 1.54) is 22.6 Å². The smallest absolute Gasteiger partial charge is 0.323 e. The van der Waals surface area contributed by atoms with Crippen LogP contribution in [0.5, 0.6) is 5.75 Å². The van der Waals surface area contributed by atoms with Crippen molar-refractivity contribution in [3.8, 4) is 5.75 Å². The average Bonchev–Trinajstić information content (AvgIpc) is 2.71. The number of amides is 2. The number of phenols is 1. The minimum Gasteiger partial charge on any atom is -0.504 e. The molecular formula is C19H21Cl2N5O4S. The summed E-state index contributed by atoms with van der Waals surface area (Å²) in [4.78, 5) is 15.8. The van der Waals surface area contributed by atoms with E-state index in [1.807, 2.05) is 0 Å². The number of nitrogens with zero attached hydrogens (tertiary/aromatic N) is 2.